The zero-order valence-electron chi connectivity index (χ0n) is 11.5. The summed E-state index contributed by atoms with van der Waals surface area (Å²) in [4.78, 5) is 7.09. The number of aryl methyl sites for hydroxylation is 1. The Labute approximate surface area is 124 Å². The standard InChI is InChI=1S/C14H12ClF3N2O/c1-7-4-5-9(12(21-3)8(7)2)10-6-11(14(16,17)18)20-13(15)19-10/h4-6H,1-3H3. The third kappa shape index (κ3) is 3.10. The molecule has 0 aliphatic carbocycles. The Kier molecular flexibility index (Phi) is 4.09. The minimum Gasteiger partial charge on any atom is -0.496 e. The zero-order chi connectivity index (χ0) is 15.8. The minimum absolute atomic E-state index is 0.0716. The van der Waals surface area contributed by atoms with Gasteiger partial charge in [-0.2, -0.15) is 13.2 Å². The molecule has 1 aromatic carbocycles. The summed E-state index contributed by atoms with van der Waals surface area (Å²) in [5, 5.41) is -0.458. The molecule has 2 aromatic rings. The van der Waals surface area contributed by atoms with Crippen molar-refractivity contribution in [2.75, 3.05) is 7.11 Å². The summed E-state index contributed by atoms with van der Waals surface area (Å²) < 4.78 is 43.7. The molecule has 0 spiro atoms. The van der Waals surface area contributed by atoms with E-state index in [1.807, 2.05) is 13.8 Å². The van der Waals surface area contributed by atoms with E-state index in [9.17, 15) is 13.2 Å². The highest BCUT2D eigenvalue weighted by Crippen LogP contribution is 2.36. The first-order chi connectivity index (χ1) is 9.74. The Morgan fingerprint density at radius 2 is 1.81 bits per heavy atom. The van der Waals surface area contributed by atoms with Crippen molar-refractivity contribution in [3.05, 3.63) is 40.3 Å². The van der Waals surface area contributed by atoms with E-state index in [0.717, 1.165) is 17.2 Å². The zero-order valence-corrected chi connectivity index (χ0v) is 12.3. The lowest BCUT2D eigenvalue weighted by atomic mass is 10.0. The van der Waals surface area contributed by atoms with Gasteiger partial charge in [-0.1, -0.05) is 6.07 Å². The van der Waals surface area contributed by atoms with Gasteiger partial charge in [0.15, 0.2) is 0 Å². The molecule has 0 N–H and O–H groups in total. The molecule has 0 bridgehead atoms. The van der Waals surface area contributed by atoms with Gasteiger partial charge in [0, 0.05) is 5.56 Å². The Morgan fingerprint density at radius 3 is 2.38 bits per heavy atom. The maximum Gasteiger partial charge on any atom is 0.433 e. The van der Waals surface area contributed by atoms with Gasteiger partial charge in [-0.05, 0) is 48.7 Å². The van der Waals surface area contributed by atoms with Gasteiger partial charge in [-0.3, -0.25) is 0 Å². The van der Waals surface area contributed by atoms with Crippen LogP contribution in [0.2, 0.25) is 5.28 Å². The van der Waals surface area contributed by atoms with E-state index >= 15 is 0 Å². The molecule has 2 rings (SSSR count). The number of alkyl halides is 3. The maximum absolute atomic E-state index is 12.8. The van der Waals surface area contributed by atoms with Crippen LogP contribution in [0.1, 0.15) is 16.8 Å². The second kappa shape index (κ2) is 5.52. The molecule has 1 aromatic heterocycles. The Hall–Kier alpha value is -1.82. The van der Waals surface area contributed by atoms with E-state index in [2.05, 4.69) is 9.97 Å². The number of hydrogen-bond acceptors (Lipinski definition) is 3. The number of nitrogens with zero attached hydrogens (tertiary/aromatic N) is 2. The molecular weight excluding hydrogens is 305 g/mol. The molecule has 7 heteroatoms. The fourth-order valence-electron chi connectivity index (χ4n) is 1.96. The van der Waals surface area contributed by atoms with Crippen LogP contribution in [0.25, 0.3) is 11.3 Å². The average molecular weight is 317 g/mol. The third-order valence-corrected chi connectivity index (χ3v) is 3.32. The highest BCUT2D eigenvalue weighted by Gasteiger charge is 2.34. The predicted octanol–water partition coefficient (Wildman–Crippen LogP) is 4.44. The molecule has 0 aliphatic rings. The molecule has 0 unspecified atom stereocenters. The van der Waals surface area contributed by atoms with E-state index in [1.54, 1.807) is 12.1 Å². The first-order valence-corrected chi connectivity index (χ1v) is 6.38. The number of benzene rings is 1. The SMILES string of the molecule is COc1c(-c2cc(C(F)(F)F)nc(Cl)n2)ccc(C)c1C. The lowest BCUT2D eigenvalue weighted by Crippen LogP contribution is -2.09. The fourth-order valence-corrected chi connectivity index (χ4v) is 2.14. The van der Waals surface area contributed by atoms with Crippen LogP contribution in [0, 0.1) is 13.8 Å². The monoisotopic (exact) mass is 316 g/mol. The van der Waals surface area contributed by atoms with Gasteiger partial charge in [0.05, 0.1) is 12.8 Å². The summed E-state index contributed by atoms with van der Waals surface area (Å²) in [7, 11) is 1.46. The van der Waals surface area contributed by atoms with Gasteiger partial charge in [0.25, 0.3) is 0 Å². The summed E-state index contributed by atoms with van der Waals surface area (Å²) in [5.41, 5.74) is 1.22. The van der Waals surface area contributed by atoms with E-state index in [0.29, 0.717) is 11.3 Å². The van der Waals surface area contributed by atoms with E-state index in [-0.39, 0.29) is 5.69 Å². The molecule has 0 saturated carbocycles. The highest BCUT2D eigenvalue weighted by atomic mass is 35.5. The summed E-state index contributed by atoms with van der Waals surface area (Å²) in [6.07, 6.45) is -4.59. The van der Waals surface area contributed by atoms with Gasteiger partial charge in [-0.25, -0.2) is 9.97 Å². The molecule has 112 valence electrons. The molecule has 21 heavy (non-hydrogen) atoms. The summed E-state index contributed by atoms with van der Waals surface area (Å²) in [6.45, 7) is 3.71. The Morgan fingerprint density at radius 1 is 1.14 bits per heavy atom. The van der Waals surface area contributed by atoms with Crippen molar-refractivity contribution in [3.8, 4) is 17.0 Å². The van der Waals surface area contributed by atoms with Crippen molar-refractivity contribution >= 4 is 11.6 Å². The number of ether oxygens (including phenoxy) is 1. The number of methoxy groups -OCH3 is 1. The maximum atomic E-state index is 12.8. The molecule has 0 radical (unpaired) electrons. The summed E-state index contributed by atoms with van der Waals surface area (Å²) in [5.74, 6) is 0.470. The van der Waals surface area contributed by atoms with Crippen LogP contribution in [0.5, 0.6) is 5.75 Å². The number of rotatable bonds is 2. The van der Waals surface area contributed by atoms with Crippen molar-refractivity contribution in [2.24, 2.45) is 0 Å². The average Bonchev–Trinajstić information content (AvgIpc) is 2.40. The van der Waals surface area contributed by atoms with Crippen molar-refractivity contribution in [2.45, 2.75) is 20.0 Å². The number of aromatic nitrogens is 2. The van der Waals surface area contributed by atoms with Crippen molar-refractivity contribution in [1.82, 2.24) is 9.97 Å². The minimum atomic E-state index is -4.59. The van der Waals surface area contributed by atoms with E-state index < -0.39 is 17.2 Å². The molecule has 0 fully saturated rings. The van der Waals surface area contributed by atoms with Crippen molar-refractivity contribution in [1.29, 1.82) is 0 Å². The largest absolute Gasteiger partial charge is 0.496 e. The van der Waals surface area contributed by atoms with Crippen LogP contribution in [-0.2, 0) is 6.18 Å². The van der Waals surface area contributed by atoms with Gasteiger partial charge >= 0.3 is 6.18 Å². The van der Waals surface area contributed by atoms with Crippen LogP contribution in [0.4, 0.5) is 13.2 Å². The molecular formula is C14H12ClF3N2O. The van der Waals surface area contributed by atoms with E-state index in [4.69, 9.17) is 16.3 Å². The number of hydrogen-bond donors (Lipinski definition) is 0. The summed E-state index contributed by atoms with van der Waals surface area (Å²) in [6, 6.07) is 4.30. The van der Waals surface area contributed by atoms with Crippen LogP contribution in [-0.4, -0.2) is 17.1 Å². The third-order valence-electron chi connectivity index (χ3n) is 3.15. The van der Waals surface area contributed by atoms with Crippen LogP contribution in [0.15, 0.2) is 18.2 Å². The molecule has 3 nitrogen and oxygen atoms in total. The quantitative estimate of drug-likeness (QED) is 0.768. The fraction of sp³-hybridized carbons (Fsp3) is 0.286. The first-order valence-electron chi connectivity index (χ1n) is 6.00. The van der Waals surface area contributed by atoms with Crippen molar-refractivity contribution < 1.29 is 17.9 Å². The van der Waals surface area contributed by atoms with Crippen LogP contribution < -0.4 is 4.74 Å². The van der Waals surface area contributed by atoms with Gasteiger partial charge in [0.2, 0.25) is 5.28 Å². The van der Waals surface area contributed by atoms with Gasteiger partial charge in [-0.15, -0.1) is 0 Å². The molecule has 0 aliphatic heterocycles. The topological polar surface area (TPSA) is 35.0 Å². The van der Waals surface area contributed by atoms with E-state index in [1.165, 1.54) is 7.11 Å². The normalized spacial score (nSPS) is 11.6. The van der Waals surface area contributed by atoms with Crippen molar-refractivity contribution in [3.63, 3.8) is 0 Å². The van der Waals surface area contributed by atoms with Crippen LogP contribution in [0.3, 0.4) is 0 Å². The highest BCUT2D eigenvalue weighted by molar-refractivity contribution is 6.28. The van der Waals surface area contributed by atoms with Gasteiger partial charge in [0.1, 0.15) is 11.4 Å². The first kappa shape index (κ1) is 15.6. The summed E-state index contributed by atoms with van der Waals surface area (Å²) >= 11 is 5.61. The van der Waals surface area contributed by atoms with Gasteiger partial charge < -0.3 is 4.74 Å². The lowest BCUT2D eigenvalue weighted by Gasteiger charge is -2.14. The number of halogens is 4. The predicted molar refractivity (Wildman–Crippen MR) is 73.5 cm³/mol. The molecule has 0 saturated heterocycles. The molecule has 1 heterocycles. The molecule has 0 amide bonds. The van der Waals surface area contributed by atoms with Crippen LogP contribution >= 0.6 is 11.6 Å². The smallest absolute Gasteiger partial charge is 0.433 e. The second-order valence-corrected chi connectivity index (χ2v) is 4.83. The Balaban J connectivity index is 2.68. The Bertz CT molecular complexity index is 687. The molecule has 0 atom stereocenters. The lowest BCUT2D eigenvalue weighted by molar-refractivity contribution is -0.141. The second-order valence-electron chi connectivity index (χ2n) is 4.49.